The number of benzene rings is 1. The maximum Gasteiger partial charge on any atom is 0.185 e. The van der Waals surface area contributed by atoms with Crippen LogP contribution in [0, 0.1) is 6.92 Å². The third kappa shape index (κ3) is 3.48. The van der Waals surface area contributed by atoms with Gasteiger partial charge in [0.05, 0.1) is 22.0 Å². The molecule has 0 bridgehead atoms. The van der Waals surface area contributed by atoms with Crippen LogP contribution in [0.1, 0.15) is 23.2 Å². The van der Waals surface area contributed by atoms with E-state index in [4.69, 9.17) is 0 Å². The average molecular weight is 348 g/mol. The van der Waals surface area contributed by atoms with Gasteiger partial charge in [0.15, 0.2) is 5.82 Å². The highest BCUT2D eigenvalue weighted by Crippen LogP contribution is 2.33. The summed E-state index contributed by atoms with van der Waals surface area (Å²) >= 11 is 3.10. The van der Waals surface area contributed by atoms with Crippen molar-refractivity contribution in [3.05, 3.63) is 40.1 Å². The van der Waals surface area contributed by atoms with Crippen molar-refractivity contribution >= 4 is 23.3 Å². The van der Waals surface area contributed by atoms with Gasteiger partial charge in [-0.3, -0.25) is 0 Å². The topological polar surface area (TPSA) is 84.1 Å². The molecule has 0 aliphatic carbocycles. The molecule has 8 heteroatoms. The molecule has 0 saturated carbocycles. The molecule has 0 unspecified atom stereocenters. The van der Waals surface area contributed by atoms with Crippen LogP contribution >= 0.6 is 23.3 Å². The fourth-order valence-corrected chi connectivity index (χ4v) is 3.51. The Morgan fingerprint density at radius 3 is 2.78 bits per heavy atom. The minimum atomic E-state index is -0.0300. The number of phenols is 2. The summed E-state index contributed by atoms with van der Waals surface area (Å²) in [5.74, 6) is 1.19. The molecule has 120 valence electrons. The molecule has 2 heterocycles. The molecule has 23 heavy (non-hydrogen) atoms. The average Bonchev–Trinajstić information content (AvgIpc) is 3.14. The minimum absolute atomic E-state index is 0.0300. The minimum Gasteiger partial charge on any atom is -0.508 e. The van der Waals surface area contributed by atoms with E-state index in [0.29, 0.717) is 23.6 Å². The monoisotopic (exact) mass is 348 g/mol. The van der Waals surface area contributed by atoms with Gasteiger partial charge in [-0.05, 0) is 36.9 Å². The van der Waals surface area contributed by atoms with Gasteiger partial charge in [-0.1, -0.05) is 6.92 Å². The van der Waals surface area contributed by atoms with Gasteiger partial charge in [-0.15, -0.1) is 16.4 Å². The fourth-order valence-electron chi connectivity index (χ4n) is 2.13. The van der Waals surface area contributed by atoms with E-state index in [1.54, 1.807) is 27.8 Å². The smallest absolute Gasteiger partial charge is 0.185 e. The Bertz CT molecular complexity index is 829. The summed E-state index contributed by atoms with van der Waals surface area (Å²) < 4.78 is 1.65. The molecule has 1 aromatic carbocycles. The molecule has 0 aliphatic heterocycles. The molecule has 0 spiro atoms. The van der Waals surface area contributed by atoms with Crippen LogP contribution in [0.5, 0.6) is 11.5 Å². The largest absolute Gasteiger partial charge is 0.508 e. The maximum atomic E-state index is 10.0. The summed E-state index contributed by atoms with van der Waals surface area (Å²) in [7, 11) is 0. The van der Waals surface area contributed by atoms with Crippen LogP contribution < -0.4 is 0 Å². The van der Waals surface area contributed by atoms with Crippen LogP contribution in [0.15, 0.2) is 23.8 Å². The van der Waals surface area contributed by atoms with Crippen LogP contribution in [-0.2, 0) is 12.2 Å². The number of rotatable bonds is 5. The van der Waals surface area contributed by atoms with E-state index in [1.807, 2.05) is 19.2 Å². The second-order valence-corrected chi connectivity index (χ2v) is 6.94. The van der Waals surface area contributed by atoms with Crippen molar-refractivity contribution in [2.45, 2.75) is 26.0 Å². The molecule has 0 atom stereocenters. The summed E-state index contributed by atoms with van der Waals surface area (Å²) in [5.41, 5.74) is 2.28. The molecular weight excluding hydrogens is 332 g/mol. The SMILES string of the molecule is CCc1cc(-c2ncn(SCc3csc(C)n3)n2)c(O)cc1O. The maximum absolute atomic E-state index is 10.0. The fraction of sp³-hybridized carbons (Fsp3) is 0.267. The van der Waals surface area contributed by atoms with Crippen molar-refractivity contribution in [3.8, 4) is 22.9 Å². The number of phenolic OH excluding ortho intramolecular Hbond substituents is 2. The number of hydrogen-bond acceptors (Lipinski definition) is 7. The van der Waals surface area contributed by atoms with E-state index < -0.39 is 0 Å². The summed E-state index contributed by atoms with van der Waals surface area (Å²) in [6.07, 6.45) is 2.27. The van der Waals surface area contributed by atoms with Crippen molar-refractivity contribution in [2.75, 3.05) is 0 Å². The van der Waals surface area contributed by atoms with Crippen molar-refractivity contribution in [1.82, 2.24) is 19.2 Å². The van der Waals surface area contributed by atoms with Gasteiger partial charge in [-0.25, -0.2) is 9.97 Å². The lowest BCUT2D eigenvalue weighted by molar-refractivity contribution is 0.447. The lowest BCUT2D eigenvalue weighted by Crippen LogP contribution is -1.92. The van der Waals surface area contributed by atoms with Crippen molar-refractivity contribution in [3.63, 3.8) is 0 Å². The number of nitrogens with zero attached hydrogens (tertiary/aromatic N) is 4. The molecule has 6 nitrogen and oxygen atoms in total. The number of thiazole rings is 1. The van der Waals surface area contributed by atoms with Crippen LogP contribution in [-0.4, -0.2) is 29.4 Å². The quantitative estimate of drug-likeness (QED) is 0.735. The Labute approximate surface area is 142 Å². The van der Waals surface area contributed by atoms with E-state index >= 15 is 0 Å². The Morgan fingerprint density at radius 1 is 1.26 bits per heavy atom. The van der Waals surface area contributed by atoms with E-state index in [-0.39, 0.29) is 11.5 Å². The third-order valence-corrected chi connectivity index (χ3v) is 4.99. The zero-order valence-corrected chi connectivity index (χ0v) is 14.4. The first kappa shape index (κ1) is 15.8. The van der Waals surface area contributed by atoms with Crippen molar-refractivity contribution in [2.24, 2.45) is 0 Å². The standard InChI is InChI=1S/C15H16N4O2S2/c1-3-10-4-12(14(21)5-13(10)20)15-16-8-19(18-15)23-7-11-6-22-9(2)17-11/h4-6,8,20-21H,3,7H2,1-2H3. The Balaban J connectivity index is 1.79. The predicted octanol–water partition coefficient (Wildman–Crippen LogP) is 3.38. The van der Waals surface area contributed by atoms with Gasteiger partial charge in [0.25, 0.3) is 0 Å². The van der Waals surface area contributed by atoms with E-state index in [9.17, 15) is 10.2 Å². The molecule has 0 amide bonds. The van der Waals surface area contributed by atoms with E-state index in [0.717, 1.165) is 16.3 Å². The molecule has 0 radical (unpaired) electrons. The number of aryl methyl sites for hydroxylation is 2. The van der Waals surface area contributed by atoms with Crippen LogP contribution in [0.25, 0.3) is 11.4 Å². The zero-order chi connectivity index (χ0) is 16.4. The van der Waals surface area contributed by atoms with Gasteiger partial charge in [0.2, 0.25) is 0 Å². The summed E-state index contributed by atoms with van der Waals surface area (Å²) in [6.45, 7) is 3.92. The molecule has 0 fully saturated rings. The van der Waals surface area contributed by atoms with Gasteiger partial charge in [0.1, 0.15) is 17.8 Å². The molecule has 3 aromatic rings. The second kappa shape index (κ2) is 6.59. The first-order chi connectivity index (χ1) is 11.1. The highest BCUT2D eigenvalue weighted by atomic mass is 32.2. The van der Waals surface area contributed by atoms with Crippen LogP contribution in [0.2, 0.25) is 0 Å². The second-order valence-electron chi connectivity index (χ2n) is 4.95. The molecule has 0 aliphatic rings. The normalized spacial score (nSPS) is 11.0. The van der Waals surface area contributed by atoms with Gasteiger partial charge in [0, 0.05) is 11.4 Å². The lowest BCUT2D eigenvalue weighted by atomic mass is 10.1. The summed E-state index contributed by atoms with van der Waals surface area (Å²) in [5, 5.41) is 27.2. The highest BCUT2D eigenvalue weighted by molar-refractivity contribution is 7.96. The van der Waals surface area contributed by atoms with Crippen molar-refractivity contribution < 1.29 is 10.2 Å². The number of hydrogen-bond donors (Lipinski definition) is 2. The number of aromatic hydroxyl groups is 2. The Kier molecular flexibility index (Phi) is 4.53. The molecule has 2 aromatic heterocycles. The van der Waals surface area contributed by atoms with Gasteiger partial charge >= 0.3 is 0 Å². The van der Waals surface area contributed by atoms with Gasteiger partial charge < -0.3 is 10.2 Å². The predicted molar refractivity (Wildman–Crippen MR) is 91.7 cm³/mol. The number of aromatic nitrogens is 4. The van der Waals surface area contributed by atoms with Crippen LogP contribution in [0.4, 0.5) is 0 Å². The lowest BCUT2D eigenvalue weighted by Gasteiger charge is -2.06. The summed E-state index contributed by atoms with van der Waals surface area (Å²) in [6, 6.07) is 3.05. The first-order valence-corrected chi connectivity index (χ1v) is 8.90. The highest BCUT2D eigenvalue weighted by Gasteiger charge is 2.13. The molecule has 3 rings (SSSR count). The molecular formula is C15H16N4O2S2. The first-order valence-electron chi connectivity index (χ1n) is 7.08. The zero-order valence-electron chi connectivity index (χ0n) is 12.7. The van der Waals surface area contributed by atoms with Crippen LogP contribution in [0.3, 0.4) is 0 Å². The Hall–Kier alpha value is -2.06. The molecule has 2 N–H and O–H groups in total. The summed E-state index contributed by atoms with van der Waals surface area (Å²) in [4.78, 5) is 8.65. The molecule has 0 saturated heterocycles. The van der Waals surface area contributed by atoms with Crippen molar-refractivity contribution in [1.29, 1.82) is 0 Å². The van der Waals surface area contributed by atoms with Gasteiger partial charge in [-0.2, -0.15) is 4.09 Å². The Morgan fingerprint density at radius 2 is 2.09 bits per heavy atom. The third-order valence-electron chi connectivity index (χ3n) is 3.30. The van der Waals surface area contributed by atoms with E-state index in [1.165, 1.54) is 18.0 Å². The van der Waals surface area contributed by atoms with E-state index in [2.05, 4.69) is 15.1 Å².